The lowest BCUT2D eigenvalue weighted by Gasteiger charge is -2.18. The van der Waals surface area contributed by atoms with E-state index in [0.717, 1.165) is 22.3 Å². The fraction of sp³-hybridized carbons (Fsp3) is 0.571. The Balaban J connectivity index is 3.31. The summed E-state index contributed by atoms with van der Waals surface area (Å²) in [5.74, 6) is 0.199. The first kappa shape index (κ1) is 15.9. The van der Waals surface area contributed by atoms with Crippen molar-refractivity contribution in [3.63, 3.8) is 0 Å². The molecule has 19 heavy (non-hydrogen) atoms. The normalized spacial score (nSPS) is 10.9. The fourth-order valence-electron chi connectivity index (χ4n) is 2.05. The van der Waals surface area contributed by atoms with Gasteiger partial charge >= 0.3 is 0 Å². The van der Waals surface area contributed by atoms with Crippen molar-refractivity contribution in [3.05, 3.63) is 28.3 Å². The number of benzene rings is 1. The third-order valence-corrected chi connectivity index (χ3v) is 2.87. The Morgan fingerprint density at radius 2 is 1.11 bits per heavy atom. The predicted octanol–water partition coefficient (Wildman–Crippen LogP) is 1.98. The number of ether oxygens (including phenoxy) is 4. The van der Waals surface area contributed by atoms with Gasteiger partial charge < -0.3 is 24.1 Å². The Bertz CT molecular complexity index is 369. The molecule has 0 bridgehead atoms. The van der Waals surface area contributed by atoms with Crippen LogP contribution >= 0.6 is 0 Å². The van der Waals surface area contributed by atoms with Gasteiger partial charge in [-0.1, -0.05) is 6.07 Å². The van der Waals surface area contributed by atoms with Gasteiger partial charge in [0.2, 0.25) is 0 Å². The second-order valence-electron chi connectivity index (χ2n) is 4.23. The minimum atomic E-state index is 0.199. The first-order chi connectivity index (χ1) is 9.19. The van der Waals surface area contributed by atoms with Crippen molar-refractivity contribution in [2.45, 2.75) is 26.4 Å². The molecule has 1 N–H and O–H groups in total. The molecule has 1 aromatic carbocycles. The monoisotopic (exact) mass is 270 g/mol. The zero-order chi connectivity index (χ0) is 14.3. The standard InChI is InChI=1S/C14H22O5/c1-16-6-10-5-11(7-17-2)13(9-19-4)14(15)12(10)8-18-3/h5,15H,6-9H2,1-4H3. The third-order valence-electron chi connectivity index (χ3n) is 2.87. The highest BCUT2D eigenvalue weighted by Gasteiger charge is 2.17. The van der Waals surface area contributed by atoms with E-state index in [4.69, 9.17) is 18.9 Å². The summed E-state index contributed by atoms with van der Waals surface area (Å²) in [6.45, 7) is 1.48. The van der Waals surface area contributed by atoms with Gasteiger partial charge in [0.1, 0.15) is 5.75 Å². The van der Waals surface area contributed by atoms with Crippen LogP contribution in [0.4, 0.5) is 0 Å². The van der Waals surface area contributed by atoms with Gasteiger partial charge in [-0.05, 0) is 11.1 Å². The van der Waals surface area contributed by atoms with E-state index in [1.807, 2.05) is 6.07 Å². The molecule has 0 aromatic heterocycles. The highest BCUT2D eigenvalue weighted by Crippen LogP contribution is 2.32. The minimum absolute atomic E-state index is 0.199. The van der Waals surface area contributed by atoms with Gasteiger partial charge in [-0.15, -0.1) is 0 Å². The Labute approximate surface area is 114 Å². The van der Waals surface area contributed by atoms with Crippen LogP contribution in [0.15, 0.2) is 6.07 Å². The highest BCUT2D eigenvalue weighted by molar-refractivity contribution is 5.49. The molecule has 0 amide bonds. The van der Waals surface area contributed by atoms with E-state index in [9.17, 15) is 5.11 Å². The molecule has 0 aliphatic carbocycles. The maximum Gasteiger partial charge on any atom is 0.127 e. The van der Waals surface area contributed by atoms with Crippen LogP contribution in [0.3, 0.4) is 0 Å². The maximum atomic E-state index is 10.4. The van der Waals surface area contributed by atoms with Crippen LogP contribution in [0, 0.1) is 0 Å². The molecule has 0 spiro atoms. The van der Waals surface area contributed by atoms with Crippen LogP contribution in [-0.2, 0) is 45.4 Å². The van der Waals surface area contributed by atoms with E-state index < -0.39 is 0 Å². The molecule has 0 saturated carbocycles. The molecule has 0 heterocycles. The van der Waals surface area contributed by atoms with Crippen molar-refractivity contribution in [1.82, 2.24) is 0 Å². The van der Waals surface area contributed by atoms with Gasteiger partial charge in [-0.25, -0.2) is 0 Å². The summed E-state index contributed by atoms with van der Waals surface area (Å²) in [6.07, 6.45) is 0. The molecule has 0 fully saturated rings. The molecular formula is C14H22O5. The van der Waals surface area contributed by atoms with E-state index in [1.54, 1.807) is 28.4 Å². The van der Waals surface area contributed by atoms with E-state index >= 15 is 0 Å². The molecule has 1 aromatic rings. The summed E-state index contributed by atoms with van der Waals surface area (Å²) in [6, 6.07) is 1.97. The number of hydrogen-bond acceptors (Lipinski definition) is 5. The molecule has 0 radical (unpaired) electrons. The molecule has 0 unspecified atom stereocenters. The minimum Gasteiger partial charge on any atom is -0.507 e. The zero-order valence-corrected chi connectivity index (χ0v) is 12.0. The van der Waals surface area contributed by atoms with Crippen molar-refractivity contribution in [1.29, 1.82) is 0 Å². The Morgan fingerprint density at radius 1 is 0.737 bits per heavy atom. The van der Waals surface area contributed by atoms with Gasteiger partial charge in [0.15, 0.2) is 0 Å². The first-order valence-electron chi connectivity index (χ1n) is 6.00. The average Bonchev–Trinajstić information content (AvgIpc) is 2.39. The number of rotatable bonds is 8. The van der Waals surface area contributed by atoms with Crippen molar-refractivity contribution < 1.29 is 24.1 Å². The molecular weight excluding hydrogens is 248 g/mol. The summed E-state index contributed by atoms with van der Waals surface area (Å²) >= 11 is 0. The molecule has 0 atom stereocenters. The Kier molecular flexibility index (Phi) is 6.80. The van der Waals surface area contributed by atoms with Crippen LogP contribution in [-0.4, -0.2) is 33.5 Å². The summed E-state index contributed by atoms with van der Waals surface area (Å²) in [5.41, 5.74) is 3.26. The number of aromatic hydroxyl groups is 1. The lowest BCUT2D eigenvalue weighted by molar-refractivity contribution is 0.156. The average molecular weight is 270 g/mol. The van der Waals surface area contributed by atoms with Gasteiger partial charge in [0.25, 0.3) is 0 Å². The summed E-state index contributed by atoms with van der Waals surface area (Å²) < 4.78 is 20.6. The molecule has 1 rings (SSSR count). The van der Waals surface area contributed by atoms with Crippen molar-refractivity contribution >= 4 is 0 Å². The van der Waals surface area contributed by atoms with Gasteiger partial charge in [0.05, 0.1) is 26.4 Å². The van der Waals surface area contributed by atoms with Crippen LogP contribution in [0.2, 0.25) is 0 Å². The van der Waals surface area contributed by atoms with Crippen molar-refractivity contribution in [3.8, 4) is 5.75 Å². The second-order valence-corrected chi connectivity index (χ2v) is 4.23. The molecule has 0 aliphatic rings. The van der Waals surface area contributed by atoms with Crippen molar-refractivity contribution in [2.75, 3.05) is 28.4 Å². The molecule has 5 heteroatoms. The molecule has 5 nitrogen and oxygen atoms in total. The Hall–Kier alpha value is -1.14. The smallest absolute Gasteiger partial charge is 0.127 e. The van der Waals surface area contributed by atoms with Crippen LogP contribution in [0.1, 0.15) is 22.3 Å². The lowest BCUT2D eigenvalue weighted by atomic mass is 9.97. The van der Waals surface area contributed by atoms with Gasteiger partial charge in [0, 0.05) is 39.6 Å². The molecule has 108 valence electrons. The first-order valence-corrected chi connectivity index (χ1v) is 6.00. The maximum absolute atomic E-state index is 10.4. The van der Waals surface area contributed by atoms with E-state index in [1.165, 1.54) is 0 Å². The predicted molar refractivity (Wildman–Crippen MR) is 71.0 cm³/mol. The fourth-order valence-corrected chi connectivity index (χ4v) is 2.05. The van der Waals surface area contributed by atoms with E-state index in [2.05, 4.69) is 0 Å². The molecule has 0 saturated heterocycles. The lowest BCUT2D eigenvalue weighted by Crippen LogP contribution is -2.06. The summed E-state index contributed by atoms with van der Waals surface area (Å²) in [5, 5.41) is 10.4. The van der Waals surface area contributed by atoms with Gasteiger partial charge in [-0.3, -0.25) is 0 Å². The van der Waals surface area contributed by atoms with Gasteiger partial charge in [-0.2, -0.15) is 0 Å². The number of phenols is 1. The summed E-state index contributed by atoms with van der Waals surface area (Å²) in [4.78, 5) is 0. The molecule has 0 aliphatic heterocycles. The SMILES string of the molecule is COCc1cc(COC)c(COC)c(O)c1COC. The quantitative estimate of drug-likeness (QED) is 0.782. The topological polar surface area (TPSA) is 57.2 Å². The largest absolute Gasteiger partial charge is 0.507 e. The Morgan fingerprint density at radius 3 is 1.42 bits per heavy atom. The third kappa shape index (κ3) is 3.91. The van der Waals surface area contributed by atoms with E-state index in [-0.39, 0.29) is 5.75 Å². The number of phenolic OH excluding ortho intramolecular Hbond substituents is 1. The van der Waals surface area contributed by atoms with Crippen molar-refractivity contribution in [2.24, 2.45) is 0 Å². The second kappa shape index (κ2) is 8.12. The number of hydrogen-bond donors (Lipinski definition) is 1. The van der Waals surface area contributed by atoms with Crippen LogP contribution in [0.5, 0.6) is 5.75 Å². The summed E-state index contributed by atoms with van der Waals surface area (Å²) in [7, 11) is 6.42. The highest BCUT2D eigenvalue weighted by atomic mass is 16.5. The van der Waals surface area contributed by atoms with E-state index in [0.29, 0.717) is 26.4 Å². The van der Waals surface area contributed by atoms with Crippen LogP contribution < -0.4 is 0 Å². The van der Waals surface area contributed by atoms with Crippen LogP contribution in [0.25, 0.3) is 0 Å². The number of methoxy groups -OCH3 is 4. The zero-order valence-electron chi connectivity index (χ0n) is 12.0.